The number of anilines is 3. The zero-order chi connectivity index (χ0) is 28.9. The molecule has 4 rings (SSSR count). The maximum absolute atomic E-state index is 13.1. The van der Waals surface area contributed by atoms with Crippen molar-refractivity contribution in [3.05, 3.63) is 36.2 Å². The molecule has 0 radical (unpaired) electrons. The van der Waals surface area contributed by atoms with E-state index in [0.29, 0.717) is 34.9 Å². The monoisotopic (exact) mass is 545 g/mol. The highest BCUT2D eigenvalue weighted by atomic mass is 16.5. The molecule has 2 heterocycles. The number of aliphatic hydroxyl groups is 1. The van der Waals surface area contributed by atoms with Crippen LogP contribution in [0.3, 0.4) is 0 Å². The minimum atomic E-state index is -0.588. The molecule has 0 saturated heterocycles. The van der Waals surface area contributed by atoms with Crippen LogP contribution < -0.4 is 26.0 Å². The van der Waals surface area contributed by atoms with Gasteiger partial charge in [0.15, 0.2) is 17.3 Å². The lowest BCUT2D eigenvalue weighted by Gasteiger charge is -2.22. The molecule has 2 aromatic heterocycles. The Kier molecular flexibility index (Phi) is 8.72. The van der Waals surface area contributed by atoms with Crippen molar-refractivity contribution in [1.29, 1.82) is 0 Å². The van der Waals surface area contributed by atoms with Crippen molar-refractivity contribution in [2.45, 2.75) is 24.6 Å². The van der Waals surface area contributed by atoms with Gasteiger partial charge in [0.25, 0.3) is 5.91 Å². The van der Waals surface area contributed by atoms with Gasteiger partial charge in [0.2, 0.25) is 11.8 Å². The van der Waals surface area contributed by atoms with Gasteiger partial charge >= 0.3 is 0 Å². The average Bonchev–Trinajstić information content (AvgIpc) is 3.66. The lowest BCUT2D eigenvalue weighted by atomic mass is 9.49. The highest BCUT2D eigenvalue weighted by Crippen LogP contribution is 2.37. The lowest BCUT2D eigenvalue weighted by molar-refractivity contribution is -0.123. The maximum Gasteiger partial charge on any atom is 0.272 e. The smallest absolute Gasteiger partial charge is 0.272 e. The van der Waals surface area contributed by atoms with Crippen LogP contribution in [0.15, 0.2) is 30.5 Å². The molecule has 17 heteroatoms. The van der Waals surface area contributed by atoms with Gasteiger partial charge in [-0.15, -0.1) is 10.2 Å². The number of hydrogen-bond donors (Lipinski definition) is 5. The second kappa shape index (κ2) is 12.2. The number of carbonyl (C=O) groups is 3. The third kappa shape index (κ3) is 7.37. The summed E-state index contributed by atoms with van der Waals surface area (Å²) in [4.78, 5) is 38.1. The van der Waals surface area contributed by atoms with Crippen LogP contribution in [-0.4, -0.2) is 97.1 Å². The molecule has 1 aliphatic rings. The number of carbonyl (C=O) groups excluding carboxylic acids is 3. The summed E-state index contributed by atoms with van der Waals surface area (Å²) in [5.74, 6) is -0.425. The summed E-state index contributed by atoms with van der Waals surface area (Å²) >= 11 is 0. The summed E-state index contributed by atoms with van der Waals surface area (Å²) in [6.07, 6.45) is 3.24. The summed E-state index contributed by atoms with van der Waals surface area (Å²) in [7, 11) is 7.08. The first-order chi connectivity index (χ1) is 19.1. The Morgan fingerprint density at radius 1 is 1.18 bits per heavy atom. The fourth-order valence-corrected chi connectivity index (χ4v) is 3.77. The molecule has 206 valence electrons. The summed E-state index contributed by atoms with van der Waals surface area (Å²) in [6.45, 7) is -0.0354. The second-order valence-electron chi connectivity index (χ2n) is 10.3. The van der Waals surface area contributed by atoms with Crippen LogP contribution >= 0.6 is 0 Å². The summed E-state index contributed by atoms with van der Waals surface area (Å²) in [5.41, 5.74) is 2.03. The number of amides is 3. The van der Waals surface area contributed by atoms with Crippen LogP contribution in [0, 0.1) is 5.92 Å². The maximum atomic E-state index is 13.1. The van der Waals surface area contributed by atoms with Gasteiger partial charge in [-0.3, -0.25) is 14.4 Å². The number of aromatic nitrogens is 5. The molecule has 0 unspecified atom stereocenters. The predicted molar refractivity (Wildman–Crippen MR) is 155 cm³/mol. The third-order valence-corrected chi connectivity index (χ3v) is 5.78. The highest BCUT2D eigenvalue weighted by Gasteiger charge is 2.30. The molecule has 0 atom stereocenters. The largest absolute Gasteiger partial charge is 0.494 e. The molecule has 0 spiro atoms. The molecule has 5 N–H and O–H groups in total. The van der Waals surface area contributed by atoms with E-state index >= 15 is 0 Å². The van der Waals surface area contributed by atoms with E-state index in [-0.39, 0.29) is 29.9 Å². The number of aliphatic hydroxyl groups excluding tert-OH is 1. The second-order valence-corrected chi connectivity index (χ2v) is 10.3. The zero-order valence-electron chi connectivity index (χ0n) is 22.8. The number of nitrogens with one attached hydrogen (secondary N) is 4. The SMILES string of the molecule is BC(B)(B)NC(=O)c1nnc(NC(=O)C2CC2)cc1Nc1cccc(-c2cnn(CCNC(=O)CO)n2)c1OC. The average molecular weight is 545 g/mol. The van der Waals surface area contributed by atoms with E-state index in [4.69, 9.17) is 9.84 Å². The molecule has 1 aliphatic carbocycles. The van der Waals surface area contributed by atoms with E-state index in [2.05, 4.69) is 41.7 Å². The zero-order valence-corrected chi connectivity index (χ0v) is 22.8. The Labute approximate surface area is 233 Å². The molecule has 1 fully saturated rings. The number of methoxy groups -OCH3 is 1. The predicted octanol–water partition coefficient (Wildman–Crippen LogP) is -2.82. The Bertz CT molecular complexity index is 1410. The highest BCUT2D eigenvalue weighted by molar-refractivity contribution is 6.60. The van der Waals surface area contributed by atoms with E-state index in [1.165, 1.54) is 11.9 Å². The normalized spacial score (nSPS) is 12.8. The van der Waals surface area contributed by atoms with Crippen LogP contribution in [0.1, 0.15) is 23.3 Å². The first-order valence-corrected chi connectivity index (χ1v) is 12.8. The van der Waals surface area contributed by atoms with E-state index in [0.717, 1.165) is 12.8 Å². The molecule has 3 amide bonds. The van der Waals surface area contributed by atoms with E-state index in [9.17, 15) is 14.4 Å². The number of ether oxygens (including phenoxy) is 1. The number of nitrogens with zero attached hydrogens (tertiary/aromatic N) is 5. The number of para-hydroxylation sites is 1. The van der Waals surface area contributed by atoms with Gasteiger partial charge in [0.1, 0.15) is 35.8 Å². The van der Waals surface area contributed by atoms with E-state index < -0.39 is 23.7 Å². The van der Waals surface area contributed by atoms with Crippen molar-refractivity contribution >= 4 is 58.5 Å². The molecule has 40 heavy (non-hydrogen) atoms. The van der Waals surface area contributed by atoms with Crippen molar-refractivity contribution in [3.63, 3.8) is 0 Å². The number of hydrogen-bond acceptors (Lipinski definition) is 10. The Morgan fingerprint density at radius 3 is 2.62 bits per heavy atom. The van der Waals surface area contributed by atoms with Crippen molar-refractivity contribution < 1.29 is 24.2 Å². The Balaban J connectivity index is 1.63. The molecule has 3 aromatic rings. The van der Waals surface area contributed by atoms with Crippen LogP contribution in [0.4, 0.5) is 17.2 Å². The fraction of sp³-hybridized carbons (Fsp3) is 0.348. The Hall–Kier alpha value is -4.40. The number of rotatable bonds is 12. The first-order valence-electron chi connectivity index (χ1n) is 12.8. The van der Waals surface area contributed by atoms with Crippen molar-refractivity contribution in [2.24, 2.45) is 5.92 Å². The van der Waals surface area contributed by atoms with E-state index in [1.807, 2.05) is 29.6 Å². The van der Waals surface area contributed by atoms with E-state index in [1.54, 1.807) is 24.4 Å². The molecule has 1 aromatic carbocycles. The standard InChI is InChI=1S/C23H30B3N9O5/c1-40-20-13(16-10-28-35(34-16)8-7-27-18(37)11-36)3-2-4-14(20)29-15-9-17(30-21(38)12-5-6-12)32-33-19(15)22(39)31-23(24,25)26/h2-4,9-10,12,36H,5-8,11,24-26H2,1H3,(H,27,37)(H,31,39)(H2,29,30,32,38). The molecular formula is C23H30B3N9O5. The fourth-order valence-electron chi connectivity index (χ4n) is 3.77. The molecule has 0 bridgehead atoms. The molecular weight excluding hydrogens is 515 g/mol. The van der Waals surface area contributed by atoms with Gasteiger partial charge in [0.05, 0.1) is 31.2 Å². The van der Waals surface area contributed by atoms with Gasteiger partial charge in [-0.1, -0.05) is 6.07 Å². The topological polar surface area (TPSA) is 185 Å². The number of benzene rings is 1. The quantitative estimate of drug-likeness (QED) is 0.149. The minimum absolute atomic E-state index is 0.0294. The summed E-state index contributed by atoms with van der Waals surface area (Å²) < 4.78 is 5.72. The van der Waals surface area contributed by atoms with Gasteiger partial charge < -0.3 is 31.1 Å². The lowest BCUT2D eigenvalue weighted by Crippen LogP contribution is -2.50. The molecule has 1 saturated carbocycles. The van der Waals surface area contributed by atoms with Crippen molar-refractivity contribution in [2.75, 3.05) is 30.9 Å². The van der Waals surface area contributed by atoms with Gasteiger partial charge in [-0.25, -0.2) is 0 Å². The summed E-state index contributed by atoms with van der Waals surface area (Å²) in [6, 6.07) is 6.94. The third-order valence-electron chi connectivity index (χ3n) is 5.78. The van der Waals surface area contributed by atoms with Crippen LogP contribution in [0.25, 0.3) is 11.3 Å². The van der Waals surface area contributed by atoms with Crippen LogP contribution in [0.5, 0.6) is 5.75 Å². The van der Waals surface area contributed by atoms with Crippen LogP contribution in [-0.2, 0) is 16.1 Å². The first kappa shape index (κ1) is 28.6. The van der Waals surface area contributed by atoms with Crippen LogP contribution in [0.2, 0.25) is 0 Å². The molecule has 0 aliphatic heterocycles. The molecule has 14 nitrogen and oxygen atoms in total. The van der Waals surface area contributed by atoms with Gasteiger partial charge in [-0.2, -0.15) is 15.0 Å². The Morgan fingerprint density at radius 2 is 1.95 bits per heavy atom. The van der Waals surface area contributed by atoms with Gasteiger partial charge in [-0.05, 0) is 30.2 Å². The minimum Gasteiger partial charge on any atom is -0.494 e. The van der Waals surface area contributed by atoms with Crippen molar-refractivity contribution in [1.82, 2.24) is 35.8 Å². The van der Waals surface area contributed by atoms with Gasteiger partial charge in [0, 0.05) is 24.1 Å². The van der Waals surface area contributed by atoms with Crippen molar-refractivity contribution in [3.8, 4) is 17.0 Å². The summed E-state index contributed by atoms with van der Waals surface area (Å²) in [5, 5.41) is 36.6.